The van der Waals surface area contributed by atoms with Gasteiger partial charge in [0.1, 0.15) is 0 Å². The first-order valence-corrected chi connectivity index (χ1v) is 6.15. The summed E-state index contributed by atoms with van der Waals surface area (Å²) in [5.41, 5.74) is -2.81. The monoisotopic (exact) mass is 301 g/mol. The van der Waals surface area contributed by atoms with Crippen molar-refractivity contribution in [2.24, 2.45) is 0 Å². The minimum absolute atomic E-state index is 0.0132. The van der Waals surface area contributed by atoms with Crippen molar-refractivity contribution in [2.45, 2.75) is 18.5 Å². The van der Waals surface area contributed by atoms with Gasteiger partial charge < -0.3 is 14.7 Å². The molecule has 0 saturated carbocycles. The molecule has 9 heteroatoms. The Morgan fingerprint density at radius 2 is 2.05 bits per heavy atom. The number of nitrogens with zero attached hydrogens (tertiary/aromatic N) is 3. The van der Waals surface area contributed by atoms with Gasteiger partial charge in [-0.15, -0.1) is 0 Å². The minimum atomic E-state index is -2.07. The summed E-state index contributed by atoms with van der Waals surface area (Å²) in [6, 6.07) is 0. The van der Waals surface area contributed by atoms with Crippen LogP contribution in [0.5, 0.6) is 0 Å². The number of piperidine rings is 1. The van der Waals surface area contributed by atoms with Gasteiger partial charge in [0.25, 0.3) is 0 Å². The maximum absolute atomic E-state index is 14.2. The summed E-state index contributed by atoms with van der Waals surface area (Å²) in [5.74, 6) is -3.51. The van der Waals surface area contributed by atoms with Crippen LogP contribution in [0.25, 0.3) is 0 Å². The van der Waals surface area contributed by atoms with Gasteiger partial charge in [0, 0.05) is 25.9 Å². The lowest BCUT2D eigenvalue weighted by Crippen LogP contribution is -2.47. The van der Waals surface area contributed by atoms with Gasteiger partial charge >= 0.3 is 11.9 Å². The zero-order valence-corrected chi connectivity index (χ0v) is 11.2. The van der Waals surface area contributed by atoms with Crippen LogP contribution in [0.3, 0.4) is 0 Å². The Balaban J connectivity index is 2.14. The third kappa shape index (κ3) is 2.91. The van der Waals surface area contributed by atoms with Gasteiger partial charge in [-0.25, -0.2) is 28.3 Å². The highest BCUT2D eigenvalue weighted by molar-refractivity contribution is 5.85. The number of aromatic carboxylic acids is 1. The fourth-order valence-corrected chi connectivity index (χ4v) is 2.11. The molecule has 1 aliphatic rings. The number of aromatic nitrogens is 2. The van der Waals surface area contributed by atoms with E-state index in [1.54, 1.807) is 0 Å². The number of esters is 1. The maximum atomic E-state index is 14.2. The molecule has 2 rings (SSSR count). The Morgan fingerprint density at radius 1 is 1.43 bits per heavy atom. The zero-order valence-electron chi connectivity index (χ0n) is 11.2. The van der Waals surface area contributed by atoms with Gasteiger partial charge in [0.05, 0.1) is 13.3 Å². The number of carbonyl (C=O) groups excluding carboxylic acids is 1. The average Bonchev–Trinajstić information content (AvgIpc) is 2.47. The number of carboxylic acid groups (broad SMARTS) is 1. The highest BCUT2D eigenvalue weighted by Gasteiger charge is 2.43. The molecule has 1 N–H and O–H groups in total. The van der Waals surface area contributed by atoms with Gasteiger partial charge in [-0.1, -0.05) is 0 Å². The van der Waals surface area contributed by atoms with E-state index in [0.717, 1.165) is 13.3 Å². The van der Waals surface area contributed by atoms with Crippen LogP contribution in [-0.4, -0.2) is 52.9 Å². The van der Waals surface area contributed by atoms with E-state index in [1.807, 2.05) is 0 Å². The highest BCUT2D eigenvalue weighted by Crippen LogP contribution is 2.29. The van der Waals surface area contributed by atoms with E-state index >= 15 is 0 Å². The number of carbonyl (C=O) groups is 2. The van der Waals surface area contributed by atoms with Crippen molar-refractivity contribution in [3.63, 3.8) is 0 Å². The first kappa shape index (κ1) is 15.1. The number of carboxylic acids is 1. The van der Waals surface area contributed by atoms with Crippen LogP contribution in [0.4, 0.5) is 14.7 Å². The Morgan fingerprint density at radius 3 is 2.57 bits per heavy atom. The average molecular weight is 301 g/mol. The molecule has 1 saturated heterocycles. The fraction of sp³-hybridized carbons (Fsp3) is 0.500. The molecule has 1 fully saturated rings. The van der Waals surface area contributed by atoms with Crippen molar-refractivity contribution in [3.8, 4) is 0 Å². The summed E-state index contributed by atoms with van der Waals surface area (Å²) in [5, 5.41) is 8.81. The van der Waals surface area contributed by atoms with Crippen molar-refractivity contribution in [1.29, 1.82) is 0 Å². The first-order chi connectivity index (χ1) is 9.87. The van der Waals surface area contributed by atoms with Gasteiger partial charge in [-0.05, 0) is 0 Å². The van der Waals surface area contributed by atoms with E-state index in [2.05, 4.69) is 14.7 Å². The van der Waals surface area contributed by atoms with Gasteiger partial charge in [0.2, 0.25) is 11.6 Å². The molecule has 1 aromatic heterocycles. The molecule has 21 heavy (non-hydrogen) atoms. The van der Waals surface area contributed by atoms with E-state index in [4.69, 9.17) is 5.11 Å². The summed E-state index contributed by atoms with van der Waals surface area (Å²) in [6.07, 6.45) is 0.481. The lowest BCUT2D eigenvalue weighted by Gasteiger charge is -2.34. The van der Waals surface area contributed by atoms with E-state index in [1.165, 1.54) is 4.90 Å². The van der Waals surface area contributed by atoms with E-state index in [-0.39, 0.29) is 31.9 Å². The van der Waals surface area contributed by atoms with Crippen LogP contribution < -0.4 is 4.90 Å². The van der Waals surface area contributed by atoms with Crippen molar-refractivity contribution in [1.82, 2.24) is 9.97 Å². The fourth-order valence-electron chi connectivity index (χ4n) is 2.11. The summed E-state index contributed by atoms with van der Waals surface area (Å²) in [4.78, 5) is 31.0. The second-order valence-electron chi connectivity index (χ2n) is 4.62. The van der Waals surface area contributed by atoms with Crippen molar-refractivity contribution in [2.75, 3.05) is 25.1 Å². The molecule has 1 aromatic rings. The number of halogens is 2. The number of alkyl halides is 1. The smallest absolute Gasteiger partial charge is 0.357 e. The predicted octanol–water partition coefficient (Wildman–Crippen LogP) is 0.795. The second kappa shape index (κ2) is 5.58. The van der Waals surface area contributed by atoms with Crippen LogP contribution in [0.2, 0.25) is 0 Å². The maximum Gasteiger partial charge on any atom is 0.357 e. The number of hydrogen-bond acceptors (Lipinski definition) is 6. The van der Waals surface area contributed by atoms with Gasteiger partial charge in [-0.3, -0.25) is 0 Å². The van der Waals surface area contributed by atoms with Gasteiger partial charge in [-0.2, -0.15) is 0 Å². The predicted molar refractivity (Wildman–Crippen MR) is 66.3 cm³/mol. The van der Waals surface area contributed by atoms with Crippen molar-refractivity contribution < 1.29 is 28.2 Å². The topological polar surface area (TPSA) is 92.6 Å². The lowest BCUT2D eigenvalue weighted by atomic mass is 9.93. The van der Waals surface area contributed by atoms with Crippen LogP contribution in [0.15, 0.2) is 6.20 Å². The molecule has 7 nitrogen and oxygen atoms in total. The van der Waals surface area contributed by atoms with Crippen LogP contribution in [-0.2, 0) is 9.53 Å². The number of hydrogen-bond donors (Lipinski definition) is 1. The van der Waals surface area contributed by atoms with Crippen LogP contribution in [0, 0.1) is 5.82 Å². The summed E-state index contributed by atoms with van der Waals surface area (Å²) in [6.45, 7) is 0.187. The Bertz CT molecular complexity index is 574. The van der Waals surface area contributed by atoms with E-state index < -0.39 is 29.1 Å². The first-order valence-electron chi connectivity index (χ1n) is 6.15. The van der Waals surface area contributed by atoms with Crippen molar-refractivity contribution in [3.05, 3.63) is 17.7 Å². The molecular weight excluding hydrogens is 288 g/mol. The van der Waals surface area contributed by atoms with E-state index in [0.29, 0.717) is 0 Å². The number of rotatable bonds is 3. The molecule has 1 aliphatic heterocycles. The summed E-state index contributed by atoms with van der Waals surface area (Å²) in [7, 11) is 1.11. The largest absolute Gasteiger partial charge is 0.476 e. The van der Waals surface area contributed by atoms with Crippen molar-refractivity contribution >= 4 is 17.9 Å². The molecular formula is C12H13F2N3O4. The van der Waals surface area contributed by atoms with Gasteiger partial charge in [0.15, 0.2) is 11.5 Å². The van der Waals surface area contributed by atoms with Crippen LogP contribution >= 0.6 is 0 Å². The number of ether oxygens (including phenoxy) is 1. The lowest BCUT2D eigenvalue weighted by molar-refractivity contribution is -0.156. The molecule has 2 heterocycles. The molecule has 0 bridgehead atoms. The SMILES string of the molecule is COC(=O)C1(F)CCN(c2ncc(F)c(C(=O)O)n2)CC1. The third-order valence-electron chi connectivity index (χ3n) is 3.32. The minimum Gasteiger partial charge on any atom is -0.476 e. The number of anilines is 1. The molecule has 0 amide bonds. The Labute approximate surface area is 118 Å². The second-order valence-corrected chi connectivity index (χ2v) is 4.62. The molecule has 0 aromatic carbocycles. The highest BCUT2D eigenvalue weighted by atomic mass is 19.1. The Kier molecular flexibility index (Phi) is 4.01. The van der Waals surface area contributed by atoms with Crippen LogP contribution in [0.1, 0.15) is 23.3 Å². The summed E-state index contributed by atoms with van der Waals surface area (Å²) < 4.78 is 31.9. The quantitative estimate of drug-likeness (QED) is 0.825. The zero-order chi connectivity index (χ0) is 15.6. The molecule has 0 unspecified atom stereocenters. The third-order valence-corrected chi connectivity index (χ3v) is 3.32. The van der Waals surface area contributed by atoms with E-state index in [9.17, 15) is 18.4 Å². The molecule has 114 valence electrons. The summed E-state index contributed by atoms with van der Waals surface area (Å²) >= 11 is 0. The molecule has 0 spiro atoms. The normalized spacial score (nSPS) is 17.4. The standard InChI is InChI=1S/C12H13F2N3O4/c1-21-10(20)12(14)2-4-17(5-3-12)11-15-6-7(13)8(16-11)9(18)19/h6H,2-5H2,1H3,(H,18,19). The molecule has 0 atom stereocenters. The number of methoxy groups -OCH3 is 1. The molecule has 0 aliphatic carbocycles. The molecule has 0 radical (unpaired) electrons. The Hall–Kier alpha value is -2.32.